The number of amides is 1. The summed E-state index contributed by atoms with van der Waals surface area (Å²) in [7, 11) is 0. The number of rotatable bonds is 3. The third kappa shape index (κ3) is 3.23. The Morgan fingerprint density at radius 2 is 1.92 bits per heavy atom. The fraction of sp³-hybridized carbons (Fsp3) is 0.176. The Kier molecular flexibility index (Phi) is 4.73. The van der Waals surface area contributed by atoms with E-state index in [1.54, 1.807) is 18.2 Å². The van der Waals surface area contributed by atoms with Gasteiger partial charge in [-0.1, -0.05) is 41.4 Å². The molecule has 1 saturated heterocycles. The average molecular weight is 368 g/mol. The molecule has 0 spiro atoms. The number of benzene rings is 2. The van der Waals surface area contributed by atoms with Gasteiger partial charge >= 0.3 is 5.97 Å². The number of esters is 1. The molecule has 0 radical (unpaired) electrons. The predicted molar refractivity (Wildman–Crippen MR) is 89.0 cm³/mol. The summed E-state index contributed by atoms with van der Waals surface area (Å²) < 4.78 is 19.1. The maximum atomic E-state index is 13.8. The first-order chi connectivity index (χ1) is 11.5. The lowest BCUT2D eigenvalue weighted by molar-refractivity contribution is -0.139. The van der Waals surface area contributed by atoms with Gasteiger partial charge in [0.05, 0.1) is 16.6 Å². The largest absolute Gasteiger partial charge is 0.425 e. The van der Waals surface area contributed by atoms with Gasteiger partial charge in [-0.3, -0.25) is 9.59 Å². The lowest BCUT2D eigenvalue weighted by atomic mass is 10.1. The monoisotopic (exact) mass is 367 g/mol. The van der Waals surface area contributed by atoms with Crippen molar-refractivity contribution in [3.63, 3.8) is 0 Å². The van der Waals surface area contributed by atoms with Crippen molar-refractivity contribution in [2.45, 2.75) is 6.42 Å². The molecular weight excluding hydrogens is 356 g/mol. The Morgan fingerprint density at radius 1 is 1.17 bits per heavy atom. The number of ether oxygens (including phenoxy) is 1. The maximum absolute atomic E-state index is 13.8. The molecule has 7 heteroatoms. The molecular formula is C17H12Cl2FNO3. The Bertz CT molecular complexity index is 812. The molecule has 1 aliphatic heterocycles. The molecule has 0 saturated carbocycles. The molecule has 24 heavy (non-hydrogen) atoms. The van der Waals surface area contributed by atoms with Gasteiger partial charge in [0.2, 0.25) is 5.91 Å². The molecule has 1 amide bonds. The smallest absolute Gasteiger partial charge is 0.316 e. The molecule has 2 aromatic rings. The summed E-state index contributed by atoms with van der Waals surface area (Å²) in [4.78, 5) is 25.7. The van der Waals surface area contributed by atoms with Crippen LogP contribution in [-0.4, -0.2) is 18.4 Å². The minimum atomic E-state index is -0.702. The number of nitrogens with zero attached hydrogens (tertiary/aromatic N) is 1. The van der Waals surface area contributed by atoms with Crippen molar-refractivity contribution in [3.05, 3.63) is 58.3 Å². The number of hydrogen-bond donors (Lipinski definition) is 0. The van der Waals surface area contributed by atoms with Crippen LogP contribution in [0.1, 0.15) is 6.42 Å². The summed E-state index contributed by atoms with van der Waals surface area (Å²) in [5.74, 6) is -2.03. The second kappa shape index (κ2) is 6.79. The summed E-state index contributed by atoms with van der Waals surface area (Å²) in [5, 5.41) is 0.389. The zero-order chi connectivity index (χ0) is 17.3. The van der Waals surface area contributed by atoms with Gasteiger partial charge in [0, 0.05) is 13.0 Å². The first-order valence-corrected chi connectivity index (χ1v) is 7.93. The van der Waals surface area contributed by atoms with Crippen LogP contribution in [0.4, 0.5) is 10.1 Å². The summed E-state index contributed by atoms with van der Waals surface area (Å²) in [6.45, 7) is 0.0524. The Hall–Kier alpha value is -2.11. The van der Waals surface area contributed by atoms with E-state index in [2.05, 4.69) is 0 Å². The number of halogens is 3. The van der Waals surface area contributed by atoms with Crippen molar-refractivity contribution < 1.29 is 18.7 Å². The molecule has 0 bridgehead atoms. The quantitative estimate of drug-likeness (QED) is 0.606. The van der Waals surface area contributed by atoms with Crippen LogP contribution >= 0.6 is 23.2 Å². The van der Waals surface area contributed by atoms with E-state index >= 15 is 0 Å². The van der Waals surface area contributed by atoms with Gasteiger partial charge in [0.1, 0.15) is 10.8 Å². The van der Waals surface area contributed by atoms with Crippen molar-refractivity contribution in [1.29, 1.82) is 0 Å². The summed E-state index contributed by atoms with van der Waals surface area (Å²) in [6, 6.07) is 10.6. The van der Waals surface area contributed by atoms with Crippen LogP contribution in [0.3, 0.4) is 0 Å². The average Bonchev–Trinajstić information content (AvgIpc) is 2.94. The third-order valence-electron chi connectivity index (χ3n) is 3.73. The number of para-hydroxylation sites is 1. The Labute approximate surface area is 147 Å². The zero-order valence-electron chi connectivity index (χ0n) is 12.3. The molecule has 2 aromatic carbocycles. The molecule has 0 unspecified atom stereocenters. The van der Waals surface area contributed by atoms with Crippen LogP contribution in [0.15, 0.2) is 42.5 Å². The van der Waals surface area contributed by atoms with Crippen LogP contribution in [0, 0.1) is 11.7 Å². The molecule has 0 N–H and O–H groups in total. The van der Waals surface area contributed by atoms with Crippen molar-refractivity contribution in [1.82, 2.24) is 0 Å². The number of hydrogen-bond acceptors (Lipinski definition) is 3. The van der Waals surface area contributed by atoms with E-state index in [-0.39, 0.29) is 40.4 Å². The van der Waals surface area contributed by atoms with E-state index in [0.717, 1.165) is 0 Å². The van der Waals surface area contributed by atoms with Crippen LogP contribution in [-0.2, 0) is 9.59 Å². The van der Waals surface area contributed by atoms with E-state index in [0.29, 0.717) is 0 Å². The fourth-order valence-electron chi connectivity index (χ4n) is 2.52. The molecule has 0 aromatic heterocycles. The maximum Gasteiger partial charge on any atom is 0.316 e. The second-order valence-corrected chi connectivity index (χ2v) is 6.12. The van der Waals surface area contributed by atoms with Crippen molar-refractivity contribution >= 4 is 40.8 Å². The van der Waals surface area contributed by atoms with Gasteiger partial charge in [0.25, 0.3) is 0 Å². The highest BCUT2D eigenvalue weighted by Crippen LogP contribution is 2.33. The number of carbonyl (C=O) groups is 2. The van der Waals surface area contributed by atoms with Gasteiger partial charge in [-0.15, -0.1) is 0 Å². The lowest BCUT2D eigenvalue weighted by Crippen LogP contribution is -2.28. The van der Waals surface area contributed by atoms with Crippen molar-refractivity contribution in [3.8, 4) is 5.75 Å². The van der Waals surface area contributed by atoms with Crippen molar-refractivity contribution in [2.24, 2.45) is 5.92 Å². The molecule has 124 valence electrons. The topological polar surface area (TPSA) is 46.6 Å². The molecule has 1 heterocycles. The standard InChI is InChI=1S/C17H12Cl2FNO3/c18-11-4-3-7-14(16(11)19)24-17(23)10-8-15(22)21(9-10)13-6-2-1-5-12(13)20/h1-7,10H,8-9H2/t10-/m0/s1. The van der Waals surface area contributed by atoms with E-state index < -0.39 is 17.7 Å². The molecule has 4 nitrogen and oxygen atoms in total. The predicted octanol–water partition coefficient (Wildman–Crippen LogP) is 4.09. The minimum absolute atomic E-state index is 0.0502. The SMILES string of the molecule is O=C(Oc1cccc(Cl)c1Cl)[C@H]1CC(=O)N(c2ccccc2F)C1. The Balaban J connectivity index is 1.75. The van der Waals surface area contributed by atoms with Gasteiger partial charge < -0.3 is 9.64 Å². The van der Waals surface area contributed by atoms with E-state index in [9.17, 15) is 14.0 Å². The van der Waals surface area contributed by atoms with E-state index in [4.69, 9.17) is 27.9 Å². The molecule has 1 fully saturated rings. The number of anilines is 1. The minimum Gasteiger partial charge on any atom is -0.425 e. The molecule has 1 atom stereocenters. The second-order valence-electron chi connectivity index (χ2n) is 5.33. The van der Waals surface area contributed by atoms with Crippen LogP contribution in [0.25, 0.3) is 0 Å². The highest BCUT2D eigenvalue weighted by Gasteiger charge is 2.37. The van der Waals surface area contributed by atoms with Gasteiger partial charge in [-0.25, -0.2) is 4.39 Å². The third-order valence-corrected chi connectivity index (χ3v) is 4.53. The first kappa shape index (κ1) is 16.7. The molecule has 1 aliphatic rings. The van der Waals surface area contributed by atoms with E-state index in [1.165, 1.54) is 29.2 Å². The highest BCUT2D eigenvalue weighted by atomic mass is 35.5. The Morgan fingerprint density at radius 3 is 2.67 bits per heavy atom. The van der Waals surface area contributed by atoms with Crippen LogP contribution in [0.2, 0.25) is 10.0 Å². The van der Waals surface area contributed by atoms with Crippen LogP contribution < -0.4 is 9.64 Å². The fourth-order valence-corrected chi connectivity index (χ4v) is 2.85. The van der Waals surface area contributed by atoms with E-state index in [1.807, 2.05) is 0 Å². The van der Waals surface area contributed by atoms with Crippen LogP contribution in [0.5, 0.6) is 5.75 Å². The highest BCUT2D eigenvalue weighted by molar-refractivity contribution is 6.43. The summed E-state index contributed by atoms with van der Waals surface area (Å²) in [6.07, 6.45) is -0.0502. The first-order valence-electron chi connectivity index (χ1n) is 7.18. The molecule has 0 aliphatic carbocycles. The van der Waals surface area contributed by atoms with Gasteiger partial charge in [-0.05, 0) is 24.3 Å². The zero-order valence-corrected chi connectivity index (χ0v) is 13.9. The van der Waals surface area contributed by atoms with Gasteiger partial charge in [-0.2, -0.15) is 0 Å². The summed E-state index contributed by atoms with van der Waals surface area (Å²) in [5.41, 5.74) is 0.151. The van der Waals surface area contributed by atoms with Gasteiger partial charge in [0.15, 0.2) is 5.75 Å². The normalized spacial score (nSPS) is 17.2. The number of carbonyl (C=O) groups excluding carboxylic acids is 2. The lowest BCUT2D eigenvalue weighted by Gasteiger charge is -2.17. The van der Waals surface area contributed by atoms with Crippen molar-refractivity contribution in [2.75, 3.05) is 11.4 Å². The molecule has 3 rings (SSSR count). The summed E-state index contributed by atoms with van der Waals surface area (Å²) >= 11 is 11.9.